The maximum Gasteiger partial charge on any atom is 0.233 e. The Hall–Kier alpha value is -2.37. The number of aromatic nitrogens is 2. The van der Waals surface area contributed by atoms with Crippen LogP contribution in [0, 0.1) is 0 Å². The number of hydrogen-bond donors (Lipinski definition) is 2. The summed E-state index contributed by atoms with van der Waals surface area (Å²) < 4.78 is 5.09. The molecule has 0 amide bonds. The summed E-state index contributed by atoms with van der Waals surface area (Å²) in [5.74, 6) is -0.257. The summed E-state index contributed by atoms with van der Waals surface area (Å²) in [6.45, 7) is 1.36. The highest BCUT2D eigenvalue weighted by Gasteiger charge is 2.18. The number of Topliss-reactive ketones (excluding diaryl/α,β-unsaturated/α-hetero) is 1. The van der Waals surface area contributed by atoms with Crippen molar-refractivity contribution in [2.75, 3.05) is 5.73 Å². The quantitative estimate of drug-likeness (QED) is 0.750. The fraction of sp³-hybridized carbons (Fsp3) is 0.100. The van der Waals surface area contributed by atoms with Gasteiger partial charge in [-0.25, -0.2) is 0 Å². The predicted molar refractivity (Wildman–Crippen MR) is 55.1 cm³/mol. The first kappa shape index (κ1) is 10.2. The average Bonchev–Trinajstić information content (AvgIpc) is 2.84. The summed E-state index contributed by atoms with van der Waals surface area (Å²) in [7, 11) is 0. The Morgan fingerprint density at radius 1 is 1.38 bits per heavy atom. The van der Waals surface area contributed by atoms with E-state index < -0.39 is 5.78 Å². The molecule has 2 heterocycles. The standard InChI is InChI=1S/C10H9N3O3/c1-5(14)7-2-3-8(16-7)9(15)6-4-12-13-10(6)11/h2-4H,1H3,(H3,11,12,13). The highest BCUT2D eigenvalue weighted by atomic mass is 16.4. The van der Waals surface area contributed by atoms with E-state index in [-0.39, 0.29) is 28.7 Å². The molecule has 0 aliphatic carbocycles. The van der Waals surface area contributed by atoms with Crippen molar-refractivity contribution in [3.8, 4) is 0 Å². The van der Waals surface area contributed by atoms with Crippen molar-refractivity contribution >= 4 is 17.4 Å². The first-order chi connectivity index (χ1) is 7.59. The molecule has 0 saturated carbocycles. The van der Waals surface area contributed by atoms with Crippen LogP contribution < -0.4 is 5.73 Å². The molecule has 16 heavy (non-hydrogen) atoms. The molecule has 0 radical (unpaired) electrons. The second-order valence-electron chi connectivity index (χ2n) is 3.25. The van der Waals surface area contributed by atoms with Crippen LogP contribution in [0.3, 0.4) is 0 Å². The van der Waals surface area contributed by atoms with Gasteiger partial charge in [0, 0.05) is 6.92 Å². The van der Waals surface area contributed by atoms with E-state index in [1.165, 1.54) is 25.3 Å². The first-order valence-corrected chi connectivity index (χ1v) is 4.54. The number of anilines is 1. The van der Waals surface area contributed by atoms with Crippen LogP contribution in [0.2, 0.25) is 0 Å². The second kappa shape index (κ2) is 3.65. The number of aromatic amines is 1. The highest BCUT2D eigenvalue weighted by Crippen LogP contribution is 2.16. The fourth-order valence-electron chi connectivity index (χ4n) is 1.26. The van der Waals surface area contributed by atoms with E-state index in [9.17, 15) is 9.59 Å². The number of furan rings is 1. The third-order valence-electron chi connectivity index (χ3n) is 2.09. The van der Waals surface area contributed by atoms with Crippen molar-refractivity contribution in [3.63, 3.8) is 0 Å². The molecule has 2 aromatic rings. The van der Waals surface area contributed by atoms with Crippen molar-refractivity contribution in [1.29, 1.82) is 0 Å². The summed E-state index contributed by atoms with van der Waals surface area (Å²) in [5, 5.41) is 6.08. The van der Waals surface area contributed by atoms with E-state index in [4.69, 9.17) is 10.2 Å². The van der Waals surface area contributed by atoms with Gasteiger partial charge in [0.25, 0.3) is 0 Å². The molecule has 0 spiro atoms. The van der Waals surface area contributed by atoms with E-state index in [0.29, 0.717) is 0 Å². The Morgan fingerprint density at radius 3 is 2.56 bits per heavy atom. The molecule has 0 aromatic carbocycles. The largest absolute Gasteiger partial charge is 0.449 e. The van der Waals surface area contributed by atoms with Gasteiger partial charge >= 0.3 is 0 Å². The van der Waals surface area contributed by atoms with E-state index in [1.54, 1.807) is 0 Å². The zero-order chi connectivity index (χ0) is 11.7. The number of H-pyrrole nitrogens is 1. The smallest absolute Gasteiger partial charge is 0.233 e. The van der Waals surface area contributed by atoms with E-state index in [1.807, 2.05) is 0 Å². The Balaban J connectivity index is 2.35. The Labute approximate surface area is 90.4 Å². The molecule has 0 atom stereocenters. The van der Waals surface area contributed by atoms with Crippen molar-refractivity contribution in [1.82, 2.24) is 10.2 Å². The fourth-order valence-corrected chi connectivity index (χ4v) is 1.26. The van der Waals surface area contributed by atoms with Gasteiger partial charge in [-0.1, -0.05) is 0 Å². The molecule has 0 unspecified atom stereocenters. The van der Waals surface area contributed by atoms with Gasteiger partial charge in [-0.05, 0) is 12.1 Å². The molecule has 82 valence electrons. The average molecular weight is 219 g/mol. The zero-order valence-corrected chi connectivity index (χ0v) is 8.48. The van der Waals surface area contributed by atoms with Gasteiger partial charge in [0.15, 0.2) is 17.3 Å². The van der Waals surface area contributed by atoms with Gasteiger partial charge in [0.1, 0.15) is 5.82 Å². The molecule has 6 nitrogen and oxygen atoms in total. The van der Waals surface area contributed by atoms with Crippen molar-refractivity contribution in [2.24, 2.45) is 0 Å². The van der Waals surface area contributed by atoms with Crippen molar-refractivity contribution in [3.05, 3.63) is 35.4 Å². The van der Waals surface area contributed by atoms with Gasteiger partial charge in [-0.3, -0.25) is 14.7 Å². The van der Waals surface area contributed by atoms with Gasteiger partial charge in [-0.2, -0.15) is 5.10 Å². The first-order valence-electron chi connectivity index (χ1n) is 4.54. The van der Waals surface area contributed by atoms with Crippen LogP contribution in [-0.4, -0.2) is 21.8 Å². The molecule has 0 saturated heterocycles. The number of nitrogens with zero attached hydrogens (tertiary/aromatic N) is 1. The molecule has 0 bridgehead atoms. The number of nitrogen functional groups attached to an aromatic ring is 1. The van der Waals surface area contributed by atoms with E-state index in [0.717, 1.165) is 0 Å². The molecule has 6 heteroatoms. The third-order valence-corrected chi connectivity index (χ3v) is 2.09. The molecule has 0 aliphatic heterocycles. The van der Waals surface area contributed by atoms with Gasteiger partial charge in [0.2, 0.25) is 5.78 Å². The zero-order valence-electron chi connectivity index (χ0n) is 8.48. The van der Waals surface area contributed by atoms with Crippen LogP contribution in [-0.2, 0) is 0 Å². The summed E-state index contributed by atoms with van der Waals surface area (Å²) in [6, 6.07) is 2.89. The lowest BCUT2D eigenvalue weighted by molar-refractivity contribution is 0.0973. The van der Waals surface area contributed by atoms with Gasteiger partial charge in [0.05, 0.1) is 11.8 Å². The summed E-state index contributed by atoms with van der Waals surface area (Å²) in [6.07, 6.45) is 1.31. The SMILES string of the molecule is CC(=O)c1ccc(C(=O)c2cn[nH]c2N)o1. The minimum absolute atomic E-state index is 0.0679. The molecule has 3 N–H and O–H groups in total. The number of hydrogen-bond acceptors (Lipinski definition) is 5. The molecule has 2 aromatic heterocycles. The minimum atomic E-state index is -0.404. The molecule has 0 fully saturated rings. The Bertz CT molecular complexity index is 553. The third kappa shape index (κ3) is 1.60. The Morgan fingerprint density at radius 2 is 2.06 bits per heavy atom. The maximum atomic E-state index is 11.8. The minimum Gasteiger partial charge on any atom is -0.449 e. The van der Waals surface area contributed by atoms with Crippen LogP contribution in [0.5, 0.6) is 0 Å². The molecular weight excluding hydrogens is 210 g/mol. The van der Waals surface area contributed by atoms with E-state index >= 15 is 0 Å². The number of carbonyl (C=O) groups excluding carboxylic acids is 2. The number of nitrogens with one attached hydrogen (secondary N) is 1. The normalized spacial score (nSPS) is 10.3. The number of carbonyl (C=O) groups is 2. The number of ketones is 2. The van der Waals surface area contributed by atoms with Gasteiger partial charge < -0.3 is 10.2 Å². The molecular formula is C10H9N3O3. The van der Waals surface area contributed by atoms with Crippen molar-refractivity contribution in [2.45, 2.75) is 6.92 Å². The van der Waals surface area contributed by atoms with Crippen LogP contribution >= 0.6 is 0 Å². The molecule has 2 rings (SSSR count). The van der Waals surface area contributed by atoms with Crippen LogP contribution in [0.4, 0.5) is 5.82 Å². The monoisotopic (exact) mass is 219 g/mol. The van der Waals surface area contributed by atoms with E-state index in [2.05, 4.69) is 10.2 Å². The topological polar surface area (TPSA) is 102 Å². The van der Waals surface area contributed by atoms with Crippen LogP contribution in [0.1, 0.15) is 33.6 Å². The summed E-state index contributed by atoms with van der Waals surface area (Å²) in [4.78, 5) is 22.8. The second-order valence-corrected chi connectivity index (χ2v) is 3.25. The van der Waals surface area contributed by atoms with Gasteiger partial charge in [-0.15, -0.1) is 0 Å². The lowest BCUT2D eigenvalue weighted by Gasteiger charge is -1.94. The lowest BCUT2D eigenvalue weighted by Crippen LogP contribution is -2.02. The molecule has 0 aliphatic rings. The number of nitrogens with two attached hydrogens (primary N) is 1. The highest BCUT2D eigenvalue weighted by molar-refractivity contribution is 6.10. The summed E-state index contributed by atoms with van der Waals surface area (Å²) >= 11 is 0. The predicted octanol–water partition coefficient (Wildman–Crippen LogP) is 1.02. The lowest BCUT2D eigenvalue weighted by atomic mass is 10.2. The summed E-state index contributed by atoms with van der Waals surface area (Å²) in [5.41, 5.74) is 5.72. The van der Waals surface area contributed by atoms with Crippen LogP contribution in [0.15, 0.2) is 22.7 Å². The van der Waals surface area contributed by atoms with Crippen molar-refractivity contribution < 1.29 is 14.0 Å². The number of rotatable bonds is 3. The Kier molecular flexibility index (Phi) is 2.32. The maximum absolute atomic E-state index is 11.8. The van der Waals surface area contributed by atoms with Crippen LogP contribution in [0.25, 0.3) is 0 Å².